The Morgan fingerprint density at radius 2 is 1.90 bits per heavy atom. The SMILES string of the molecule is N[C@H]1CCCC[C@@H]1Nc1nc(Nc2cccc(C(F)(F)F)c2)c2cnccc2n1. The standard InChI is InChI=1S/C20H21F3N6/c21-20(22,23)12-4-3-5-13(10-12)26-18-14-11-25-9-8-16(14)27-19(29-18)28-17-7-2-1-6-15(17)24/h3-5,8-11,15,17H,1-2,6-7,24H2,(H2,26,27,28,29)/t15-,17-/m0/s1. The van der Waals surface area contributed by atoms with Crippen molar-refractivity contribution < 1.29 is 13.2 Å². The van der Waals surface area contributed by atoms with E-state index < -0.39 is 11.7 Å². The molecule has 1 aliphatic carbocycles. The lowest BCUT2D eigenvalue weighted by Gasteiger charge is -2.29. The number of benzene rings is 1. The van der Waals surface area contributed by atoms with Gasteiger partial charge in [-0.15, -0.1) is 0 Å². The Hall–Kier alpha value is -2.94. The highest BCUT2D eigenvalue weighted by Gasteiger charge is 2.30. The summed E-state index contributed by atoms with van der Waals surface area (Å²) in [4.78, 5) is 13.1. The first-order valence-corrected chi connectivity index (χ1v) is 9.48. The number of halogens is 3. The van der Waals surface area contributed by atoms with E-state index in [0.29, 0.717) is 22.7 Å². The van der Waals surface area contributed by atoms with Gasteiger partial charge in [0.05, 0.1) is 16.5 Å². The number of pyridine rings is 1. The maximum atomic E-state index is 13.0. The van der Waals surface area contributed by atoms with Gasteiger partial charge in [-0.05, 0) is 37.1 Å². The van der Waals surface area contributed by atoms with Crippen molar-refractivity contribution in [2.75, 3.05) is 10.6 Å². The van der Waals surface area contributed by atoms with Gasteiger partial charge in [-0.25, -0.2) is 4.98 Å². The summed E-state index contributed by atoms with van der Waals surface area (Å²) < 4.78 is 39.1. The van der Waals surface area contributed by atoms with Gasteiger partial charge in [-0.3, -0.25) is 4.98 Å². The first kappa shape index (κ1) is 19.4. The van der Waals surface area contributed by atoms with Crippen LogP contribution in [0.4, 0.5) is 30.6 Å². The van der Waals surface area contributed by atoms with E-state index in [9.17, 15) is 13.2 Å². The van der Waals surface area contributed by atoms with Gasteiger partial charge < -0.3 is 16.4 Å². The molecule has 6 nitrogen and oxygen atoms in total. The molecule has 0 unspecified atom stereocenters. The zero-order valence-electron chi connectivity index (χ0n) is 15.6. The molecule has 29 heavy (non-hydrogen) atoms. The van der Waals surface area contributed by atoms with Crippen LogP contribution in [0.5, 0.6) is 0 Å². The van der Waals surface area contributed by atoms with Crippen LogP contribution in [-0.4, -0.2) is 27.0 Å². The number of aromatic nitrogens is 3. The van der Waals surface area contributed by atoms with E-state index in [2.05, 4.69) is 25.6 Å². The molecule has 4 N–H and O–H groups in total. The van der Waals surface area contributed by atoms with Crippen molar-refractivity contribution in [2.45, 2.75) is 43.9 Å². The number of nitrogens with one attached hydrogen (secondary N) is 2. The first-order chi connectivity index (χ1) is 13.9. The van der Waals surface area contributed by atoms with Crippen molar-refractivity contribution in [3.63, 3.8) is 0 Å². The minimum absolute atomic E-state index is 0.0142. The smallest absolute Gasteiger partial charge is 0.350 e. The summed E-state index contributed by atoms with van der Waals surface area (Å²) >= 11 is 0. The average Bonchev–Trinajstić information content (AvgIpc) is 2.69. The van der Waals surface area contributed by atoms with Gasteiger partial charge in [0.15, 0.2) is 0 Å². The molecule has 1 saturated carbocycles. The van der Waals surface area contributed by atoms with Crippen molar-refractivity contribution in [3.05, 3.63) is 48.3 Å². The van der Waals surface area contributed by atoms with E-state index in [0.717, 1.165) is 37.8 Å². The third-order valence-electron chi connectivity index (χ3n) is 5.08. The largest absolute Gasteiger partial charge is 0.416 e. The number of hydrogen-bond acceptors (Lipinski definition) is 6. The van der Waals surface area contributed by atoms with Gasteiger partial charge in [-0.1, -0.05) is 18.9 Å². The molecule has 2 atom stereocenters. The topological polar surface area (TPSA) is 88.8 Å². The lowest BCUT2D eigenvalue weighted by Crippen LogP contribution is -2.43. The molecule has 9 heteroatoms. The van der Waals surface area contributed by atoms with Crippen LogP contribution in [0.3, 0.4) is 0 Å². The molecular formula is C20H21F3N6. The van der Waals surface area contributed by atoms with Gasteiger partial charge in [0.25, 0.3) is 0 Å². The first-order valence-electron chi connectivity index (χ1n) is 9.48. The highest BCUT2D eigenvalue weighted by molar-refractivity contribution is 5.91. The summed E-state index contributed by atoms with van der Waals surface area (Å²) in [7, 11) is 0. The Bertz CT molecular complexity index is 1010. The molecule has 0 aliphatic heterocycles. The molecule has 0 bridgehead atoms. The molecule has 1 aromatic carbocycles. The summed E-state index contributed by atoms with van der Waals surface area (Å²) in [6.45, 7) is 0. The predicted molar refractivity (Wildman–Crippen MR) is 106 cm³/mol. The summed E-state index contributed by atoms with van der Waals surface area (Å²) in [6, 6.07) is 6.80. The maximum absolute atomic E-state index is 13.0. The van der Waals surface area contributed by atoms with Gasteiger partial charge in [-0.2, -0.15) is 18.2 Å². The molecule has 1 fully saturated rings. The van der Waals surface area contributed by atoms with Crippen molar-refractivity contribution in [2.24, 2.45) is 5.73 Å². The van der Waals surface area contributed by atoms with Crippen LogP contribution in [0, 0.1) is 0 Å². The number of hydrogen-bond donors (Lipinski definition) is 3. The van der Waals surface area contributed by atoms with Crippen LogP contribution in [-0.2, 0) is 6.18 Å². The second-order valence-corrected chi connectivity index (χ2v) is 7.19. The highest BCUT2D eigenvalue weighted by Crippen LogP contribution is 2.32. The van der Waals surface area contributed by atoms with E-state index in [-0.39, 0.29) is 17.8 Å². The van der Waals surface area contributed by atoms with E-state index >= 15 is 0 Å². The molecule has 3 aromatic rings. The predicted octanol–water partition coefficient (Wildman–Crippen LogP) is 4.47. The molecular weight excluding hydrogens is 381 g/mol. The van der Waals surface area contributed by atoms with Crippen LogP contribution in [0.2, 0.25) is 0 Å². The molecule has 152 valence electrons. The van der Waals surface area contributed by atoms with E-state index in [1.165, 1.54) is 6.07 Å². The molecule has 0 saturated heterocycles. The van der Waals surface area contributed by atoms with Crippen molar-refractivity contribution in [1.82, 2.24) is 15.0 Å². The summed E-state index contributed by atoms with van der Waals surface area (Å²) in [5, 5.41) is 6.90. The summed E-state index contributed by atoms with van der Waals surface area (Å²) in [5.74, 6) is 0.773. The van der Waals surface area contributed by atoms with E-state index in [1.807, 2.05) is 0 Å². The normalized spacial score (nSPS) is 19.9. The molecule has 0 radical (unpaired) electrons. The quantitative estimate of drug-likeness (QED) is 0.597. The highest BCUT2D eigenvalue weighted by atomic mass is 19.4. The lowest BCUT2D eigenvalue weighted by molar-refractivity contribution is -0.137. The number of fused-ring (bicyclic) bond motifs is 1. The Morgan fingerprint density at radius 1 is 1.07 bits per heavy atom. The van der Waals surface area contributed by atoms with Crippen LogP contribution < -0.4 is 16.4 Å². The molecule has 1 aliphatic rings. The fourth-order valence-corrected chi connectivity index (χ4v) is 3.55. The van der Waals surface area contributed by atoms with Crippen LogP contribution in [0.1, 0.15) is 31.2 Å². The Morgan fingerprint density at radius 3 is 2.69 bits per heavy atom. The van der Waals surface area contributed by atoms with Gasteiger partial charge in [0.1, 0.15) is 5.82 Å². The summed E-state index contributed by atoms with van der Waals surface area (Å²) in [5.41, 5.74) is 6.39. The zero-order valence-corrected chi connectivity index (χ0v) is 15.6. The number of rotatable bonds is 4. The third kappa shape index (κ3) is 4.40. The fourth-order valence-electron chi connectivity index (χ4n) is 3.55. The second-order valence-electron chi connectivity index (χ2n) is 7.19. The number of alkyl halides is 3. The van der Waals surface area contributed by atoms with Gasteiger partial charge in [0, 0.05) is 30.2 Å². The van der Waals surface area contributed by atoms with Crippen LogP contribution in [0.25, 0.3) is 10.9 Å². The fraction of sp³-hybridized carbons (Fsp3) is 0.350. The minimum atomic E-state index is -4.42. The number of nitrogens with two attached hydrogens (primary N) is 1. The number of nitrogens with zero attached hydrogens (tertiary/aromatic N) is 3. The molecule has 4 rings (SSSR count). The van der Waals surface area contributed by atoms with Crippen LogP contribution >= 0.6 is 0 Å². The minimum Gasteiger partial charge on any atom is -0.350 e. The average molecular weight is 402 g/mol. The Labute approximate surface area is 165 Å². The lowest BCUT2D eigenvalue weighted by atomic mass is 9.91. The molecule has 2 aromatic heterocycles. The molecule has 0 spiro atoms. The zero-order chi connectivity index (χ0) is 20.4. The van der Waals surface area contributed by atoms with E-state index in [4.69, 9.17) is 5.73 Å². The monoisotopic (exact) mass is 402 g/mol. The summed E-state index contributed by atoms with van der Waals surface area (Å²) in [6.07, 6.45) is 2.82. The Balaban J connectivity index is 1.68. The second kappa shape index (κ2) is 7.82. The number of anilines is 3. The van der Waals surface area contributed by atoms with Gasteiger partial charge >= 0.3 is 6.18 Å². The van der Waals surface area contributed by atoms with Crippen molar-refractivity contribution >= 4 is 28.4 Å². The third-order valence-corrected chi connectivity index (χ3v) is 5.08. The Kier molecular flexibility index (Phi) is 5.23. The molecule has 2 heterocycles. The van der Waals surface area contributed by atoms with E-state index in [1.54, 1.807) is 24.5 Å². The van der Waals surface area contributed by atoms with Crippen molar-refractivity contribution in [3.8, 4) is 0 Å². The molecule has 0 amide bonds. The van der Waals surface area contributed by atoms with Gasteiger partial charge in [0.2, 0.25) is 5.95 Å². The van der Waals surface area contributed by atoms with Crippen LogP contribution in [0.15, 0.2) is 42.7 Å². The van der Waals surface area contributed by atoms with Crippen molar-refractivity contribution in [1.29, 1.82) is 0 Å². The maximum Gasteiger partial charge on any atom is 0.416 e.